The lowest BCUT2D eigenvalue weighted by molar-refractivity contribution is -0.139. The zero-order chi connectivity index (χ0) is 29.2. The summed E-state index contributed by atoms with van der Waals surface area (Å²) in [6.07, 6.45) is 1.39. The first-order valence-corrected chi connectivity index (χ1v) is 13.7. The van der Waals surface area contributed by atoms with Crippen LogP contribution in [0.5, 0.6) is 11.5 Å². The molecule has 10 heteroatoms. The van der Waals surface area contributed by atoms with E-state index in [-0.39, 0.29) is 19.1 Å². The van der Waals surface area contributed by atoms with Gasteiger partial charge in [0.15, 0.2) is 18.1 Å². The maximum Gasteiger partial charge on any atom is 0.329 e. The Morgan fingerprint density at radius 1 is 1.00 bits per heavy atom. The summed E-state index contributed by atoms with van der Waals surface area (Å²) in [7, 11) is 1.48. The number of halogens is 1. The fraction of sp³-hybridized carbons (Fsp3) is 0.267. The second-order valence-electron chi connectivity index (χ2n) is 9.42. The van der Waals surface area contributed by atoms with E-state index in [1.807, 2.05) is 56.3 Å². The minimum atomic E-state index is -0.883. The third-order valence-corrected chi connectivity index (χ3v) is 6.83. The van der Waals surface area contributed by atoms with Crippen LogP contribution in [0.15, 0.2) is 59.7 Å². The van der Waals surface area contributed by atoms with Crippen LogP contribution in [0.25, 0.3) is 0 Å². The van der Waals surface area contributed by atoms with E-state index in [9.17, 15) is 14.4 Å². The van der Waals surface area contributed by atoms with E-state index in [0.717, 1.165) is 22.4 Å². The number of carbonyl (C=O) groups is 3. The number of para-hydroxylation sites is 1. The maximum absolute atomic E-state index is 12.5. The predicted octanol–water partition coefficient (Wildman–Crippen LogP) is 4.82. The summed E-state index contributed by atoms with van der Waals surface area (Å²) in [6.45, 7) is 8.09. The van der Waals surface area contributed by atoms with Gasteiger partial charge in [-0.25, -0.2) is 5.43 Å². The molecule has 3 aromatic rings. The Hall–Kier alpha value is -3.93. The van der Waals surface area contributed by atoms with Gasteiger partial charge < -0.3 is 20.1 Å². The van der Waals surface area contributed by atoms with Crippen molar-refractivity contribution in [2.75, 3.05) is 19.0 Å². The second kappa shape index (κ2) is 14.5. The number of hydrazone groups is 1. The van der Waals surface area contributed by atoms with E-state index in [2.05, 4.69) is 57.6 Å². The highest BCUT2D eigenvalue weighted by atomic mass is 127. The SMILES string of the molecule is COc1cc(/C=N\NC(=O)C(=O)NCc2ccc(C(C)C)cc2)cc(I)c1OCC(=O)Nc1c(C)cccc1C. The monoisotopic (exact) mass is 656 g/mol. The fourth-order valence-corrected chi connectivity index (χ4v) is 4.56. The molecule has 0 fully saturated rings. The molecule has 0 aliphatic heterocycles. The minimum Gasteiger partial charge on any atom is -0.493 e. The van der Waals surface area contributed by atoms with Crippen molar-refractivity contribution in [1.82, 2.24) is 10.7 Å². The zero-order valence-corrected chi connectivity index (χ0v) is 25.3. The largest absolute Gasteiger partial charge is 0.493 e. The van der Waals surface area contributed by atoms with Gasteiger partial charge in [-0.1, -0.05) is 56.3 Å². The summed E-state index contributed by atoms with van der Waals surface area (Å²) >= 11 is 2.06. The molecule has 210 valence electrons. The van der Waals surface area contributed by atoms with Crippen molar-refractivity contribution in [3.8, 4) is 11.5 Å². The molecule has 0 heterocycles. The summed E-state index contributed by atoms with van der Waals surface area (Å²) in [5.74, 6) is -0.761. The third-order valence-electron chi connectivity index (χ3n) is 6.03. The Bertz CT molecular complexity index is 1380. The molecule has 0 aliphatic carbocycles. The summed E-state index contributed by atoms with van der Waals surface area (Å²) < 4.78 is 11.9. The molecule has 3 aromatic carbocycles. The molecule has 0 saturated heterocycles. The van der Waals surface area contributed by atoms with E-state index in [0.29, 0.717) is 26.6 Å². The van der Waals surface area contributed by atoms with Crippen molar-refractivity contribution < 1.29 is 23.9 Å². The van der Waals surface area contributed by atoms with Crippen LogP contribution in [0.3, 0.4) is 0 Å². The lowest BCUT2D eigenvalue weighted by Gasteiger charge is -2.15. The van der Waals surface area contributed by atoms with Crippen molar-refractivity contribution in [2.45, 2.75) is 40.2 Å². The Morgan fingerprint density at radius 2 is 1.68 bits per heavy atom. The van der Waals surface area contributed by atoms with Crippen LogP contribution in [0.2, 0.25) is 0 Å². The van der Waals surface area contributed by atoms with Crippen LogP contribution in [0.1, 0.15) is 47.6 Å². The number of nitrogens with zero attached hydrogens (tertiary/aromatic N) is 1. The molecule has 0 atom stereocenters. The molecule has 3 amide bonds. The third kappa shape index (κ3) is 8.54. The molecule has 0 bridgehead atoms. The van der Waals surface area contributed by atoms with Crippen LogP contribution in [0.4, 0.5) is 5.69 Å². The Kier molecular flexibility index (Phi) is 11.1. The normalized spacial score (nSPS) is 10.9. The van der Waals surface area contributed by atoms with Crippen molar-refractivity contribution in [1.29, 1.82) is 0 Å². The van der Waals surface area contributed by atoms with Crippen LogP contribution in [0, 0.1) is 17.4 Å². The highest BCUT2D eigenvalue weighted by Gasteiger charge is 2.15. The van der Waals surface area contributed by atoms with E-state index < -0.39 is 11.8 Å². The summed E-state index contributed by atoms with van der Waals surface area (Å²) in [5.41, 5.74) is 7.60. The number of benzene rings is 3. The Morgan fingerprint density at radius 3 is 2.30 bits per heavy atom. The number of rotatable bonds is 10. The van der Waals surface area contributed by atoms with Gasteiger partial charge in [0.1, 0.15) is 0 Å². The molecule has 0 aromatic heterocycles. The van der Waals surface area contributed by atoms with Crippen LogP contribution >= 0.6 is 22.6 Å². The number of carbonyl (C=O) groups excluding carboxylic acids is 3. The highest BCUT2D eigenvalue weighted by molar-refractivity contribution is 14.1. The lowest BCUT2D eigenvalue weighted by Crippen LogP contribution is -2.37. The number of aryl methyl sites for hydroxylation is 2. The number of methoxy groups -OCH3 is 1. The molecule has 0 unspecified atom stereocenters. The molecular weight excluding hydrogens is 623 g/mol. The molecule has 0 saturated carbocycles. The average molecular weight is 657 g/mol. The topological polar surface area (TPSA) is 118 Å². The Labute approximate surface area is 247 Å². The van der Waals surface area contributed by atoms with Crippen molar-refractivity contribution in [3.63, 3.8) is 0 Å². The number of hydrogen-bond donors (Lipinski definition) is 3. The summed E-state index contributed by atoms with van der Waals surface area (Å²) in [5, 5.41) is 9.35. The second-order valence-corrected chi connectivity index (χ2v) is 10.6. The lowest BCUT2D eigenvalue weighted by atomic mass is 10.0. The molecule has 0 aliphatic rings. The van der Waals surface area contributed by atoms with E-state index in [4.69, 9.17) is 9.47 Å². The van der Waals surface area contributed by atoms with Gasteiger partial charge in [0, 0.05) is 12.2 Å². The van der Waals surface area contributed by atoms with Crippen LogP contribution < -0.4 is 25.5 Å². The predicted molar refractivity (Wildman–Crippen MR) is 164 cm³/mol. The molecule has 0 radical (unpaired) electrons. The van der Waals surface area contributed by atoms with Gasteiger partial charge >= 0.3 is 11.8 Å². The summed E-state index contributed by atoms with van der Waals surface area (Å²) in [4.78, 5) is 36.8. The van der Waals surface area contributed by atoms with Crippen molar-refractivity contribution >= 4 is 52.2 Å². The van der Waals surface area contributed by atoms with Gasteiger partial charge in [-0.15, -0.1) is 0 Å². The summed E-state index contributed by atoms with van der Waals surface area (Å²) in [6, 6.07) is 17.0. The van der Waals surface area contributed by atoms with Gasteiger partial charge in [0.2, 0.25) is 0 Å². The number of amides is 3. The smallest absolute Gasteiger partial charge is 0.329 e. The van der Waals surface area contributed by atoms with Gasteiger partial charge in [0.05, 0.1) is 16.9 Å². The first kappa shape index (κ1) is 30.6. The average Bonchev–Trinajstić information content (AvgIpc) is 2.93. The first-order chi connectivity index (χ1) is 19.1. The molecule has 9 nitrogen and oxygen atoms in total. The number of nitrogens with one attached hydrogen (secondary N) is 3. The number of hydrogen-bond acceptors (Lipinski definition) is 6. The van der Waals surface area contributed by atoms with E-state index in [1.54, 1.807) is 12.1 Å². The molecule has 3 rings (SSSR count). The van der Waals surface area contributed by atoms with Crippen molar-refractivity contribution in [3.05, 3.63) is 86.0 Å². The van der Waals surface area contributed by atoms with E-state index in [1.165, 1.54) is 18.9 Å². The van der Waals surface area contributed by atoms with Gasteiger partial charge in [-0.3, -0.25) is 14.4 Å². The van der Waals surface area contributed by atoms with Gasteiger partial charge in [-0.2, -0.15) is 5.10 Å². The Balaban J connectivity index is 1.54. The molecule has 40 heavy (non-hydrogen) atoms. The quantitative estimate of drug-likeness (QED) is 0.125. The fourth-order valence-electron chi connectivity index (χ4n) is 3.78. The first-order valence-electron chi connectivity index (χ1n) is 12.7. The minimum absolute atomic E-state index is 0.208. The maximum atomic E-state index is 12.5. The number of anilines is 1. The van der Waals surface area contributed by atoms with Gasteiger partial charge in [0.25, 0.3) is 5.91 Å². The van der Waals surface area contributed by atoms with E-state index >= 15 is 0 Å². The van der Waals surface area contributed by atoms with Gasteiger partial charge in [-0.05, 0) is 82.3 Å². The zero-order valence-electron chi connectivity index (χ0n) is 23.1. The number of ether oxygens (including phenoxy) is 2. The van der Waals surface area contributed by atoms with Crippen LogP contribution in [-0.2, 0) is 20.9 Å². The highest BCUT2D eigenvalue weighted by Crippen LogP contribution is 2.33. The molecule has 3 N–H and O–H groups in total. The molecule has 0 spiro atoms. The standard InChI is InChI=1S/C30H33IN4O5/c1-18(2)23-11-9-21(10-12-23)15-32-29(37)30(38)35-33-16-22-13-24(31)28(25(14-22)39-5)40-17-26(36)34-27-19(3)7-6-8-20(27)4/h6-14,16,18H,15,17H2,1-5H3,(H,32,37)(H,34,36)(H,35,38)/b33-16-. The van der Waals surface area contributed by atoms with Crippen molar-refractivity contribution in [2.24, 2.45) is 5.10 Å². The van der Waals surface area contributed by atoms with Crippen LogP contribution in [-0.4, -0.2) is 37.7 Å². The molecular formula is C30H33IN4O5.